The Labute approximate surface area is 135 Å². The lowest BCUT2D eigenvalue weighted by Crippen LogP contribution is -2.32. The first-order valence-electron chi connectivity index (χ1n) is 7.65. The third-order valence-corrected chi connectivity index (χ3v) is 3.18. The molecule has 0 aromatic heterocycles. The maximum absolute atomic E-state index is 11.7. The van der Waals surface area contributed by atoms with Crippen molar-refractivity contribution in [3.05, 3.63) is 0 Å². The fourth-order valence-corrected chi connectivity index (χ4v) is 2.00. The number of amides is 3. The van der Waals surface area contributed by atoms with Gasteiger partial charge in [0.2, 0.25) is 17.7 Å². The van der Waals surface area contributed by atoms with E-state index in [0.717, 1.165) is 4.90 Å². The van der Waals surface area contributed by atoms with Crippen molar-refractivity contribution in [1.82, 2.24) is 4.90 Å². The molecule has 0 aromatic rings. The van der Waals surface area contributed by atoms with Gasteiger partial charge in [-0.3, -0.25) is 19.3 Å². The molecule has 0 bridgehead atoms. The number of hydrogen-bond acceptors (Lipinski definition) is 6. The van der Waals surface area contributed by atoms with Gasteiger partial charge < -0.3 is 14.6 Å². The van der Waals surface area contributed by atoms with Crippen LogP contribution in [0.4, 0.5) is 0 Å². The van der Waals surface area contributed by atoms with Crippen molar-refractivity contribution in [3.8, 4) is 0 Å². The van der Waals surface area contributed by atoms with E-state index in [0.29, 0.717) is 13.2 Å². The molecule has 3 amide bonds. The molecule has 23 heavy (non-hydrogen) atoms. The molecule has 2 unspecified atom stereocenters. The van der Waals surface area contributed by atoms with Crippen LogP contribution in [0.3, 0.4) is 0 Å². The van der Waals surface area contributed by atoms with Gasteiger partial charge in [-0.15, -0.1) is 0 Å². The smallest absolute Gasteiger partial charge is 0.247 e. The maximum Gasteiger partial charge on any atom is 0.247 e. The number of imide groups is 1. The van der Waals surface area contributed by atoms with Gasteiger partial charge in [0.15, 0.2) is 0 Å². The number of ether oxygens (including phenoxy) is 2. The van der Waals surface area contributed by atoms with Crippen molar-refractivity contribution in [2.24, 2.45) is 10.9 Å². The Kier molecular flexibility index (Phi) is 8.60. The first-order valence-corrected chi connectivity index (χ1v) is 7.65. The minimum Gasteiger partial charge on any atom is -0.391 e. The van der Waals surface area contributed by atoms with Crippen molar-refractivity contribution < 1.29 is 29.0 Å². The Morgan fingerprint density at radius 1 is 1.43 bits per heavy atom. The number of rotatable bonds is 10. The third kappa shape index (κ3) is 7.45. The average molecular weight is 328 g/mol. The average Bonchev–Trinajstić information content (AvgIpc) is 2.72. The highest BCUT2D eigenvalue weighted by atomic mass is 16.5. The lowest BCUT2D eigenvalue weighted by Gasteiger charge is -2.12. The predicted octanol–water partition coefficient (Wildman–Crippen LogP) is -0.217. The van der Waals surface area contributed by atoms with Crippen molar-refractivity contribution in [2.75, 3.05) is 33.0 Å². The van der Waals surface area contributed by atoms with Crippen LogP contribution in [-0.4, -0.2) is 73.0 Å². The largest absolute Gasteiger partial charge is 0.391 e. The molecule has 1 aliphatic heterocycles. The van der Waals surface area contributed by atoms with Crippen LogP contribution in [0.15, 0.2) is 4.99 Å². The lowest BCUT2D eigenvalue weighted by molar-refractivity contribution is -0.139. The van der Waals surface area contributed by atoms with E-state index < -0.39 is 12.0 Å². The molecule has 0 spiro atoms. The number of aliphatic hydroxyl groups is 1. The monoisotopic (exact) mass is 328 g/mol. The van der Waals surface area contributed by atoms with Crippen molar-refractivity contribution >= 4 is 23.9 Å². The van der Waals surface area contributed by atoms with Crippen molar-refractivity contribution in [3.63, 3.8) is 0 Å². The van der Waals surface area contributed by atoms with Crippen LogP contribution in [0.1, 0.15) is 26.7 Å². The molecule has 0 saturated carbocycles. The summed E-state index contributed by atoms with van der Waals surface area (Å²) in [5.74, 6) is -1.17. The van der Waals surface area contributed by atoms with E-state index >= 15 is 0 Å². The number of likely N-dealkylation sites (tertiary alicyclic amines) is 1. The summed E-state index contributed by atoms with van der Waals surface area (Å²) in [5.41, 5.74) is 0. The van der Waals surface area contributed by atoms with Crippen LogP contribution in [0.25, 0.3) is 0 Å². The summed E-state index contributed by atoms with van der Waals surface area (Å²) in [6, 6.07) is 0. The highest BCUT2D eigenvalue weighted by molar-refractivity contribution is 6.03. The Hall–Kier alpha value is -1.64. The third-order valence-electron chi connectivity index (χ3n) is 3.18. The Morgan fingerprint density at radius 2 is 2.13 bits per heavy atom. The van der Waals surface area contributed by atoms with E-state index in [1.54, 1.807) is 13.8 Å². The van der Waals surface area contributed by atoms with E-state index in [9.17, 15) is 14.4 Å². The van der Waals surface area contributed by atoms with E-state index in [1.165, 1.54) is 6.21 Å². The van der Waals surface area contributed by atoms with Gasteiger partial charge in [-0.1, -0.05) is 6.92 Å². The molecule has 0 radical (unpaired) electrons. The molecule has 2 atom stereocenters. The standard InChI is InChI=1S/C15H24N2O6/c1-11-9-14(20)17(15(11)21)5-3-13(19)16-4-6-22-7-8-23-10-12(2)18/h4,11-12,18H,3,5-10H2,1-2H3. The Balaban J connectivity index is 2.10. The highest BCUT2D eigenvalue weighted by Crippen LogP contribution is 2.18. The number of aliphatic imine (C=N–C) groups is 1. The minimum atomic E-state index is -0.508. The number of nitrogens with zero attached hydrogens (tertiary/aromatic N) is 2. The molecular formula is C15H24N2O6. The van der Waals surface area contributed by atoms with Crippen LogP contribution in [0.5, 0.6) is 0 Å². The predicted molar refractivity (Wildman–Crippen MR) is 81.9 cm³/mol. The maximum atomic E-state index is 11.7. The van der Waals surface area contributed by atoms with E-state index in [1.807, 2.05) is 0 Å². The van der Waals surface area contributed by atoms with E-state index in [4.69, 9.17) is 14.6 Å². The topological polar surface area (TPSA) is 106 Å². The van der Waals surface area contributed by atoms with Gasteiger partial charge in [0.25, 0.3) is 0 Å². The summed E-state index contributed by atoms with van der Waals surface area (Å²) in [5, 5.41) is 8.96. The van der Waals surface area contributed by atoms with Crippen molar-refractivity contribution in [1.29, 1.82) is 0 Å². The van der Waals surface area contributed by atoms with Gasteiger partial charge in [-0.05, 0) is 6.92 Å². The van der Waals surface area contributed by atoms with Gasteiger partial charge in [0, 0.05) is 31.5 Å². The number of carbonyl (C=O) groups excluding carboxylic acids is 3. The molecule has 8 heteroatoms. The zero-order valence-electron chi connectivity index (χ0n) is 13.6. The van der Waals surface area contributed by atoms with Gasteiger partial charge in [0.1, 0.15) is 0 Å². The van der Waals surface area contributed by atoms with Crippen LogP contribution in [0, 0.1) is 5.92 Å². The van der Waals surface area contributed by atoms with Gasteiger partial charge in [-0.25, -0.2) is 4.99 Å². The zero-order valence-corrected chi connectivity index (χ0v) is 13.6. The molecule has 1 N–H and O–H groups in total. The summed E-state index contributed by atoms with van der Waals surface area (Å²) in [7, 11) is 0. The van der Waals surface area contributed by atoms with Crippen LogP contribution in [0.2, 0.25) is 0 Å². The first kappa shape index (κ1) is 19.4. The fraction of sp³-hybridized carbons (Fsp3) is 0.733. The second-order valence-electron chi connectivity index (χ2n) is 5.44. The Bertz CT molecular complexity index is 449. The second-order valence-corrected chi connectivity index (χ2v) is 5.44. The molecule has 8 nitrogen and oxygen atoms in total. The molecule has 0 aromatic carbocycles. The summed E-state index contributed by atoms with van der Waals surface area (Å²) in [6.07, 6.45) is 1.05. The molecule has 130 valence electrons. The number of aliphatic hydroxyl groups excluding tert-OH is 1. The minimum absolute atomic E-state index is 0.0121. The molecule has 0 aliphatic carbocycles. The van der Waals surface area contributed by atoms with Crippen LogP contribution >= 0.6 is 0 Å². The number of hydrogen-bond donors (Lipinski definition) is 1. The summed E-state index contributed by atoms with van der Waals surface area (Å²) in [6.45, 7) is 4.51. The zero-order chi connectivity index (χ0) is 17.2. The molecular weight excluding hydrogens is 304 g/mol. The summed E-state index contributed by atoms with van der Waals surface area (Å²) in [4.78, 5) is 39.6. The molecule has 1 saturated heterocycles. The second kappa shape index (κ2) is 10.2. The Morgan fingerprint density at radius 3 is 2.74 bits per heavy atom. The first-order chi connectivity index (χ1) is 10.9. The molecule has 1 aliphatic rings. The SMILES string of the molecule is CC(O)COCCOCC=NC(=O)CCN1C(=O)CC(C)C1=O. The molecule has 1 heterocycles. The van der Waals surface area contributed by atoms with Crippen LogP contribution < -0.4 is 0 Å². The summed E-state index contributed by atoms with van der Waals surface area (Å²) < 4.78 is 10.3. The van der Waals surface area contributed by atoms with Crippen molar-refractivity contribution in [2.45, 2.75) is 32.8 Å². The van der Waals surface area contributed by atoms with Gasteiger partial charge >= 0.3 is 0 Å². The lowest BCUT2D eigenvalue weighted by atomic mass is 10.1. The quantitative estimate of drug-likeness (QED) is 0.338. The van der Waals surface area contributed by atoms with E-state index in [-0.39, 0.29) is 50.3 Å². The normalized spacial score (nSPS) is 19.8. The highest BCUT2D eigenvalue weighted by Gasteiger charge is 2.35. The molecule has 1 rings (SSSR count). The van der Waals surface area contributed by atoms with Gasteiger partial charge in [0.05, 0.1) is 32.5 Å². The van der Waals surface area contributed by atoms with E-state index in [2.05, 4.69) is 4.99 Å². The number of carbonyl (C=O) groups is 3. The molecule has 1 fully saturated rings. The van der Waals surface area contributed by atoms with Gasteiger partial charge in [-0.2, -0.15) is 0 Å². The fourth-order valence-electron chi connectivity index (χ4n) is 2.00. The summed E-state index contributed by atoms with van der Waals surface area (Å²) >= 11 is 0. The van der Waals surface area contributed by atoms with Crippen LogP contribution in [-0.2, 0) is 23.9 Å².